The predicted octanol–water partition coefficient (Wildman–Crippen LogP) is 3.00. The van der Waals surface area contributed by atoms with E-state index in [9.17, 15) is 13.2 Å². The molecule has 18 heavy (non-hydrogen) atoms. The summed E-state index contributed by atoms with van der Waals surface area (Å²) in [7, 11) is 0. The van der Waals surface area contributed by atoms with E-state index in [1.54, 1.807) is 0 Å². The quantitative estimate of drug-likeness (QED) is 0.906. The van der Waals surface area contributed by atoms with Gasteiger partial charge in [-0.25, -0.2) is 0 Å². The molecule has 1 N–H and O–H groups in total. The number of likely N-dealkylation sites (N-methyl/N-ethyl adjacent to an activating group) is 1. The van der Waals surface area contributed by atoms with Gasteiger partial charge in [0.25, 0.3) is 0 Å². The summed E-state index contributed by atoms with van der Waals surface area (Å²) in [6, 6.07) is 1.32. The van der Waals surface area contributed by atoms with Crippen molar-refractivity contribution < 1.29 is 13.2 Å². The molecule has 102 valence electrons. The molecule has 0 radical (unpaired) electrons. The molecule has 1 fully saturated rings. The zero-order chi connectivity index (χ0) is 13.2. The van der Waals surface area contributed by atoms with E-state index in [-0.39, 0.29) is 12.1 Å². The Morgan fingerprint density at radius 1 is 1.39 bits per heavy atom. The summed E-state index contributed by atoms with van der Waals surface area (Å²) in [5.41, 5.74) is -0.802. The molecule has 0 aromatic carbocycles. The molecule has 0 amide bonds. The van der Waals surface area contributed by atoms with Crippen molar-refractivity contribution in [2.45, 2.75) is 50.9 Å². The highest BCUT2D eigenvalue weighted by atomic mass is 19.4. The summed E-state index contributed by atoms with van der Waals surface area (Å²) in [5.74, 6) is 0. The van der Waals surface area contributed by atoms with Crippen molar-refractivity contribution in [2.75, 3.05) is 6.54 Å². The van der Waals surface area contributed by atoms with Crippen LogP contribution >= 0.6 is 0 Å². The van der Waals surface area contributed by atoms with E-state index in [0.29, 0.717) is 0 Å². The van der Waals surface area contributed by atoms with Crippen LogP contribution in [-0.2, 0) is 6.18 Å². The molecule has 1 aliphatic rings. The van der Waals surface area contributed by atoms with E-state index in [1.165, 1.54) is 10.9 Å². The normalized spacial score (nSPS) is 25.3. The molecule has 1 aliphatic carbocycles. The Bertz CT molecular complexity index is 384. The first-order valence-corrected chi connectivity index (χ1v) is 6.38. The number of hydrogen-bond donors (Lipinski definition) is 1. The lowest BCUT2D eigenvalue weighted by Crippen LogP contribution is -2.40. The molecule has 2 rings (SSSR count). The lowest BCUT2D eigenvalue weighted by molar-refractivity contribution is -0.141. The van der Waals surface area contributed by atoms with E-state index in [4.69, 9.17) is 0 Å². The maximum atomic E-state index is 12.5. The second kappa shape index (κ2) is 5.30. The molecule has 1 saturated carbocycles. The van der Waals surface area contributed by atoms with E-state index in [2.05, 4.69) is 10.4 Å². The predicted molar refractivity (Wildman–Crippen MR) is 62.2 cm³/mol. The minimum atomic E-state index is -4.35. The monoisotopic (exact) mass is 261 g/mol. The Hall–Kier alpha value is -1.04. The van der Waals surface area contributed by atoms with Crippen LogP contribution in [0, 0.1) is 0 Å². The van der Waals surface area contributed by atoms with Gasteiger partial charge in [0.2, 0.25) is 0 Å². The molecule has 2 atom stereocenters. The zero-order valence-electron chi connectivity index (χ0n) is 10.4. The van der Waals surface area contributed by atoms with Gasteiger partial charge in [0.15, 0.2) is 5.69 Å². The molecule has 1 aromatic rings. The van der Waals surface area contributed by atoms with Crippen molar-refractivity contribution in [2.24, 2.45) is 0 Å². The van der Waals surface area contributed by atoms with E-state index in [1.807, 2.05) is 6.92 Å². The Labute approximate surface area is 104 Å². The maximum Gasteiger partial charge on any atom is 0.435 e. The highest BCUT2D eigenvalue weighted by Gasteiger charge is 2.35. The smallest absolute Gasteiger partial charge is 0.312 e. The molecule has 0 bridgehead atoms. The Balaban J connectivity index is 2.15. The van der Waals surface area contributed by atoms with Crippen LogP contribution in [0.4, 0.5) is 13.2 Å². The Kier molecular flexibility index (Phi) is 3.94. The van der Waals surface area contributed by atoms with Gasteiger partial charge in [-0.3, -0.25) is 4.68 Å². The fraction of sp³-hybridized carbons (Fsp3) is 0.750. The van der Waals surface area contributed by atoms with Crippen LogP contribution in [0.2, 0.25) is 0 Å². The Morgan fingerprint density at radius 2 is 2.11 bits per heavy atom. The van der Waals surface area contributed by atoms with Gasteiger partial charge in [-0.2, -0.15) is 18.3 Å². The number of alkyl halides is 3. The van der Waals surface area contributed by atoms with Gasteiger partial charge >= 0.3 is 6.18 Å². The standard InChI is InChI=1S/C12H18F3N3/c1-2-16-9-5-3-4-6-10(9)18-8-7-11(17-18)12(13,14)15/h7-10,16H,2-6H2,1H3. The molecule has 1 aromatic heterocycles. The van der Waals surface area contributed by atoms with Gasteiger partial charge in [0, 0.05) is 12.2 Å². The molecule has 0 aliphatic heterocycles. The Morgan fingerprint density at radius 3 is 2.72 bits per heavy atom. The van der Waals surface area contributed by atoms with E-state index < -0.39 is 11.9 Å². The summed E-state index contributed by atoms with van der Waals surface area (Å²) in [5, 5.41) is 7.03. The van der Waals surface area contributed by atoms with Crippen LogP contribution in [0.5, 0.6) is 0 Å². The third kappa shape index (κ3) is 2.85. The molecular weight excluding hydrogens is 243 g/mol. The lowest BCUT2D eigenvalue weighted by atomic mass is 9.90. The van der Waals surface area contributed by atoms with Gasteiger partial charge < -0.3 is 5.32 Å². The van der Waals surface area contributed by atoms with Crippen LogP contribution in [0.15, 0.2) is 12.3 Å². The van der Waals surface area contributed by atoms with Gasteiger partial charge in [0.1, 0.15) is 0 Å². The number of aromatic nitrogens is 2. The van der Waals surface area contributed by atoms with Crippen molar-refractivity contribution in [3.05, 3.63) is 18.0 Å². The number of rotatable bonds is 3. The zero-order valence-corrected chi connectivity index (χ0v) is 10.4. The summed E-state index contributed by atoms with van der Waals surface area (Å²) >= 11 is 0. The van der Waals surface area contributed by atoms with Gasteiger partial charge in [-0.15, -0.1) is 0 Å². The van der Waals surface area contributed by atoms with Crippen molar-refractivity contribution in [1.29, 1.82) is 0 Å². The summed E-state index contributed by atoms with van der Waals surface area (Å²) in [6.45, 7) is 2.84. The van der Waals surface area contributed by atoms with Crippen LogP contribution in [0.3, 0.4) is 0 Å². The lowest BCUT2D eigenvalue weighted by Gasteiger charge is -2.32. The number of nitrogens with one attached hydrogen (secondary N) is 1. The minimum Gasteiger partial charge on any atom is -0.312 e. The van der Waals surface area contributed by atoms with E-state index >= 15 is 0 Å². The SMILES string of the molecule is CCNC1CCCCC1n1ccc(C(F)(F)F)n1. The fourth-order valence-corrected chi connectivity index (χ4v) is 2.60. The van der Waals surface area contributed by atoms with Crippen LogP contribution in [0.25, 0.3) is 0 Å². The van der Waals surface area contributed by atoms with Gasteiger partial charge in [-0.1, -0.05) is 19.8 Å². The van der Waals surface area contributed by atoms with Gasteiger partial charge in [0.05, 0.1) is 6.04 Å². The van der Waals surface area contributed by atoms with Crippen molar-refractivity contribution >= 4 is 0 Å². The van der Waals surface area contributed by atoms with Crippen molar-refractivity contribution in [1.82, 2.24) is 15.1 Å². The summed E-state index contributed by atoms with van der Waals surface area (Å²) in [4.78, 5) is 0. The summed E-state index contributed by atoms with van der Waals surface area (Å²) in [6.07, 6.45) is 1.16. The molecule has 6 heteroatoms. The first-order valence-electron chi connectivity index (χ1n) is 6.38. The van der Waals surface area contributed by atoms with Crippen molar-refractivity contribution in [3.63, 3.8) is 0 Å². The average Bonchev–Trinajstić information content (AvgIpc) is 2.79. The third-order valence-corrected chi connectivity index (χ3v) is 3.43. The van der Waals surface area contributed by atoms with E-state index in [0.717, 1.165) is 38.3 Å². The molecule has 0 spiro atoms. The molecule has 1 heterocycles. The highest BCUT2D eigenvalue weighted by molar-refractivity contribution is 5.04. The second-order valence-electron chi connectivity index (χ2n) is 4.69. The minimum absolute atomic E-state index is 0.0369. The van der Waals surface area contributed by atoms with Crippen molar-refractivity contribution in [3.8, 4) is 0 Å². The van der Waals surface area contributed by atoms with Gasteiger partial charge in [-0.05, 0) is 25.5 Å². The number of hydrogen-bond acceptors (Lipinski definition) is 2. The fourth-order valence-electron chi connectivity index (χ4n) is 2.60. The average molecular weight is 261 g/mol. The molecule has 3 nitrogen and oxygen atoms in total. The topological polar surface area (TPSA) is 29.9 Å². The first kappa shape index (κ1) is 13.4. The van der Waals surface area contributed by atoms with Crippen LogP contribution in [-0.4, -0.2) is 22.4 Å². The molecule has 2 unspecified atom stereocenters. The largest absolute Gasteiger partial charge is 0.435 e. The number of halogens is 3. The summed E-state index contributed by atoms with van der Waals surface area (Å²) < 4.78 is 39.0. The molecular formula is C12H18F3N3. The van der Waals surface area contributed by atoms with Crippen LogP contribution in [0.1, 0.15) is 44.3 Å². The third-order valence-electron chi connectivity index (χ3n) is 3.43. The molecule has 0 saturated heterocycles. The van der Waals surface area contributed by atoms with Crippen LogP contribution < -0.4 is 5.32 Å². The first-order chi connectivity index (χ1) is 8.52. The second-order valence-corrected chi connectivity index (χ2v) is 4.69. The highest BCUT2D eigenvalue weighted by Crippen LogP contribution is 2.31. The maximum absolute atomic E-state index is 12.5. The number of nitrogens with zero attached hydrogens (tertiary/aromatic N) is 2.